The third kappa shape index (κ3) is 8.36. The number of hydrogen-bond acceptors (Lipinski definition) is 7. The third-order valence-corrected chi connectivity index (χ3v) is 6.43. The molecule has 1 aromatic carbocycles. The largest absolute Gasteiger partial charge is 0.467 e. The summed E-state index contributed by atoms with van der Waals surface area (Å²) in [7, 11) is 1.21. The predicted octanol–water partition coefficient (Wildman–Crippen LogP) is 1.39. The molecule has 0 spiro atoms. The van der Waals surface area contributed by atoms with Crippen molar-refractivity contribution in [1.29, 1.82) is 0 Å². The first-order valence-corrected chi connectivity index (χ1v) is 12.4. The standard InChI is InChI=1S/C25H34N4O8/c1-36-23(32)18(9-5-13-26-24(33)37-15-16-7-3-2-4-8-16)27-22(31)20(17-11-12-17)28-21(30)19-10-6-14-29(19)25(34)35/h2-4,7-8,17-20H,5-6,9-15H2,1H3,(H,26,33)(H,27,31)(H,28,30)(H,34,35)/t18-,19-,20-/m0/s1. The van der Waals surface area contributed by atoms with E-state index in [1.54, 1.807) is 0 Å². The number of rotatable bonds is 12. The number of carboxylic acid groups (broad SMARTS) is 1. The number of carbonyl (C=O) groups excluding carboxylic acids is 4. The van der Waals surface area contributed by atoms with Crippen LogP contribution in [-0.4, -0.2) is 78.3 Å². The maximum atomic E-state index is 13.0. The van der Waals surface area contributed by atoms with E-state index in [4.69, 9.17) is 9.47 Å². The number of alkyl carbamates (subject to hydrolysis) is 1. The van der Waals surface area contributed by atoms with Crippen molar-refractivity contribution < 1.29 is 38.6 Å². The number of methoxy groups -OCH3 is 1. The van der Waals surface area contributed by atoms with E-state index in [9.17, 15) is 29.1 Å². The first kappa shape index (κ1) is 27.8. The zero-order valence-electron chi connectivity index (χ0n) is 20.8. The summed E-state index contributed by atoms with van der Waals surface area (Å²) >= 11 is 0. The summed E-state index contributed by atoms with van der Waals surface area (Å²) in [4.78, 5) is 62.4. The van der Waals surface area contributed by atoms with Gasteiger partial charge in [-0.1, -0.05) is 30.3 Å². The number of nitrogens with zero attached hydrogens (tertiary/aromatic N) is 1. The molecule has 2 aliphatic rings. The van der Waals surface area contributed by atoms with Gasteiger partial charge in [0.1, 0.15) is 24.7 Å². The van der Waals surface area contributed by atoms with E-state index in [1.165, 1.54) is 7.11 Å². The first-order chi connectivity index (χ1) is 17.8. The number of amides is 4. The molecule has 37 heavy (non-hydrogen) atoms. The van der Waals surface area contributed by atoms with Gasteiger partial charge in [-0.25, -0.2) is 14.4 Å². The molecule has 3 atom stereocenters. The molecule has 2 fully saturated rings. The summed E-state index contributed by atoms with van der Waals surface area (Å²) in [6.07, 6.45) is 1.22. The van der Waals surface area contributed by atoms with Gasteiger partial charge >= 0.3 is 18.2 Å². The molecule has 1 saturated carbocycles. The number of carbonyl (C=O) groups is 5. The molecule has 4 amide bonds. The molecule has 1 aromatic rings. The number of likely N-dealkylation sites (tertiary alicyclic amines) is 1. The van der Waals surface area contributed by atoms with E-state index in [-0.39, 0.29) is 32.0 Å². The highest BCUT2D eigenvalue weighted by Gasteiger charge is 2.42. The molecular weight excluding hydrogens is 484 g/mol. The number of hydrogen-bond donors (Lipinski definition) is 4. The van der Waals surface area contributed by atoms with Crippen LogP contribution in [0.2, 0.25) is 0 Å². The van der Waals surface area contributed by atoms with E-state index in [0.717, 1.165) is 23.3 Å². The van der Waals surface area contributed by atoms with Crippen LogP contribution in [0.4, 0.5) is 9.59 Å². The smallest absolute Gasteiger partial charge is 0.407 e. The first-order valence-electron chi connectivity index (χ1n) is 12.4. The van der Waals surface area contributed by atoms with Crippen molar-refractivity contribution in [3.8, 4) is 0 Å². The second kappa shape index (κ2) is 13.5. The molecule has 0 radical (unpaired) electrons. The van der Waals surface area contributed by atoms with Crippen molar-refractivity contribution >= 4 is 30.0 Å². The van der Waals surface area contributed by atoms with E-state index >= 15 is 0 Å². The second-order valence-electron chi connectivity index (χ2n) is 9.17. The minimum Gasteiger partial charge on any atom is -0.467 e. The Labute approximate surface area is 215 Å². The molecule has 12 heteroatoms. The van der Waals surface area contributed by atoms with Gasteiger partial charge in [-0.15, -0.1) is 0 Å². The molecule has 1 saturated heterocycles. The van der Waals surface area contributed by atoms with E-state index in [2.05, 4.69) is 16.0 Å². The van der Waals surface area contributed by atoms with Crippen molar-refractivity contribution in [2.75, 3.05) is 20.2 Å². The summed E-state index contributed by atoms with van der Waals surface area (Å²) < 4.78 is 9.96. The molecule has 1 aliphatic carbocycles. The fraction of sp³-hybridized carbons (Fsp3) is 0.560. The van der Waals surface area contributed by atoms with Crippen LogP contribution in [0.25, 0.3) is 0 Å². The topological polar surface area (TPSA) is 163 Å². The summed E-state index contributed by atoms with van der Waals surface area (Å²) in [5.41, 5.74) is 0.854. The summed E-state index contributed by atoms with van der Waals surface area (Å²) in [6, 6.07) is 6.54. The van der Waals surface area contributed by atoms with Crippen molar-refractivity contribution in [1.82, 2.24) is 20.9 Å². The lowest BCUT2D eigenvalue weighted by Gasteiger charge is -2.25. The third-order valence-electron chi connectivity index (χ3n) is 6.43. The summed E-state index contributed by atoms with van der Waals surface area (Å²) in [5, 5.41) is 17.3. The molecule has 0 aromatic heterocycles. The Bertz CT molecular complexity index is 969. The Morgan fingerprint density at radius 3 is 2.46 bits per heavy atom. The van der Waals surface area contributed by atoms with Crippen molar-refractivity contribution in [3.05, 3.63) is 35.9 Å². The van der Waals surface area contributed by atoms with Gasteiger partial charge in [0.05, 0.1) is 7.11 Å². The van der Waals surface area contributed by atoms with E-state index in [0.29, 0.717) is 19.3 Å². The molecule has 1 aliphatic heterocycles. The molecular formula is C25H34N4O8. The quantitative estimate of drug-likeness (QED) is 0.238. The van der Waals surface area contributed by atoms with Crippen LogP contribution in [0.1, 0.15) is 44.1 Å². The Morgan fingerprint density at radius 2 is 1.81 bits per heavy atom. The van der Waals surface area contributed by atoms with Gasteiger partial charge in [-0.05, 0) is 50.0 Å². The highest BCUT2D eigenvalue weighted by atomic mass is 16.5. The Kier molecular flexibility index (Phi) is 10.1. The summed E-state index contributed by atoms with van der Waals surface area (Å²) in [5.74, 6) is -1.77. The van der Waals surface area contributed by atoms with Crippen LogP contribution in [0, 0.1) is 5.92 Å². The molecule has 0 unspecified atom stereocenters. The average molecular weight is 519 g/mol. The molecule has 4 N–H and O–H groups in total. The van der Waals surface area contributed by atoms with Crippen molar-refractivity contribution in [2.24, 2.45) is 5.92 Å². The monoisotopic (exact) mass is 518 g/mol. The minimum absolute atomic E-state index is 0.0806. The molecule has 0 bridgehead atoms. The van der Waals surface area contributed by atoms with Gasteiger partial charge in [0, 0.05) is 13.1 Å². The molecule has 3 rings (SSSR count). The SMILES string of the molecule is COC(=O)[C@H](CCCNC(=O)OCc1ccccc1)NC(=O)[C@@H](NC(=O)[C@@H]1CCCN1C(=O)O)C1CC1. The van der Waals surface area contributed by atoms with Crippen LogP contribution in [-0.2, 0) is 30.5 Å². The predicted molar refractivity (Wildman–Crippen MR) is 130 cm³/mol. The highest BCUT2D eigenvalue weighted by molar-refractivity contribution is 5.93. The Morgan fingerprint density at radius 1 is 1.08 bits per heavy atom. The fourth-order valence-corrected chi connectivity index (χ4v) is 4.27. The second-order valence-corrected chi connectivity index (χ2v) is 9.17. The Hall–Kier alpha value is -3.83. The van der Waals surface area contributed by atoms with Gasteiger partial charge < -0.3 is 30.5 Å². The average Bonchev–Trinajstić information content (AvgIpc) is 3.61. The van der Waals surface area contributed by atoms with Gasteiger partial charge in [0.15, 0.2) is 0 Å². The number of esters is 1. The maximum absolute atomic E-state index is 13.0. The number of ether oxygens (including phenoxy) is 2. The highest BCUT2D eigenvalue weighted by Crippen LogP contribution is 2.33. The summed E-state index contributed by atoms with van der Waals surface area (Å²) in [6.45, 7) is 0.616. The van der Waals surface area contributed by atoms with Crippen LogP contribution in [0.15, 0.2) is 30.3 Å². The number of benzene rings is 1. The Balaban J connectivity index is 1.47. The maximum Gasteiger partial charge on any atom is 0.407 e. The lowest BCUT2D eigenvalue weighted by atomic mass is 10.1. The van der Waals surface area contributed by atoms with Crippen molar-refractivity contribution in [3.63, 3.8) is 0 Å². The minimum atomic E-state index is -1.17. The number of nitrogens with one attached hydrogen (secondary N) is 3. The van der Waals surface area contributed by atoms with Crippen LogP contribution >= 0.6 is 0 Å². The van der Waals surface area contributed by atoms with Crippen LogP contribution in [0.5, 0.6) is 0 Å². The molecule has 202 valence electrons. The zero-order chi connectivity index (χ0) is 26.8. The molecule has 1 heterocycles. The molecule has 12 nitrogen and oxygen atoms in total. The van der Waals surface area contributed by atoms with Gasteiger partial charge in [-0.3, -0.25) is 14.5 Å². The van der Waals surface area contributed by atoms with Gasteiger partial charge in [-0.2, -0.15) is 0 Å². The fourth-order valence-electron chi connectivity index (χ4n) is 4.27. The van der Waals surface area contributed by atoms with Gasteiger partial charge in [0.2, 0.25) is 11.8 Å². The van der Waals surface area contributed by atoms with Crippen LogP contribution < -0.4 is 16.0 Å². The van der Waals surface area contributed by atoms with E-state index in [1.807, 2.05) is 30.3 Å². The van der Waals surface area contributed by atoms with Crippen molar-refractivity contribution in [2.45, 2.75) is 63.3 Å². The normalized spacial score (nSPS) is 18.3. The lowest BCUT2D eigenvalue weighted by Crippen LogP contribution is -2.56. The van der Waals surface area contributed by atoms with Gasteiger partial charge in [0.25, 0.3) is 0 Å². The van der Waals surface area contributed by atoms with Crippen LogP contribution in [0.3, 0.4) is 0 Å². The van der Waals surface area contributed by atoms with E-state index < -0.39 is 48.1 Å². The lowest BCUT2D eigenvalue weighted by molar-refractivity contribution is -0.145. The zero-order valence-corrected chi connectivity index (χ0v) is 20.8.